The Labute approximate surface area is 162 Å². The summed E-state index contributed by atoms with van der Waals surface area (Å²) in [5, 5.41) is 9.82. The minimum atomic E-state index is -0.955. The van der Waals surface area contributed by atoms with Crippen molar-refractivity contribution in [3.8, 4) is 0 Å². The Hall–Kier alpha value is -2.76. The molecule has 1 amide bonds. The zero-order chi connectivity index (χ0) is 20.1. The number of halogens is 2. The number of carboxylic acids is 1. The number of nitrogens with zero attached hydrogens (tertiary/aromatic N) is 1. The first-order valence-electron chi connectivity index (χ1n) is 9.43. The van der Waals surface area contributed by atoms with Crippen molar-refractivity contribution < 1.29 is 23.5 Å². The highest BCUT2D eigenvalue weighted by atomic mass is 19.2. The number of benzene rings is 2. The maximum atomic E-state index is 13.2. The van der Waals surface area contributed by atoms with Gasteiger partial charge < -0.3 is 10.0 Å². The van der Waals surface area contributed by atoms with Gasteiger partial charge in [0.2, 0.25) is 5.91 Å². The first kappa shape index (κ1) is 20.0. The number of hydrogen-bond donors (Lipinski definition) is 1. The van der Waals surface area contributed by atoms with Crippen molar-refractivity contribution in [2.45, 2.75) is 37.5 Å². The zero-order valence-electron chi connectivity index (χ0n) is 15.5. The lowest BCUT2D eigenvalue weighted by atomic mass is 9.73. The highest BCUT2D eigenvalue weighted by Crippen LogP contribution is 2.36. The molecule has 1 aliphatic heterocycles. The van der Waals surface area contributed by atoms with Crippen LogP contribution in [0.1, 0.15) is 36.8 Å². The maximum Gasteiger partial charge on any atom is 0.314 e. The second kappa shape index (κ2) is 8.50. The molecule has 0 atom stereocenters. The number of aliphatic carboxylic acids is 1. The Morgan fingerprint density at radius 1 is 1.00 bits per heavy atom. The number of carbonyl (C=O) groups excluding carboxylic acids is 1. The van der Waals surface area contributed by atoms with E-state index in [2.05, 4.69) is 0 Å². The van der Waals surface area contributed by atoms with Gasteiger partial charge in [-0.25, -0.2) is 8.78 Å². The SMILES string of the molecule is O=C(CCCc1ccc(F)c(F)c1)N1CCC(C(=O)O)(c2ccccc2)CC1. The molecule has 2 aromatic rings. The number of likely N-dealkylation sites (tertiary alicyclic amines) is 1. The van der Waals surface area contributed by atoms with Crippen LogP contribution in [0.15, 0.2) is 48.5 Å². The molecule has 1 aliphatic rings. The van der Waals surface area contributed by atoms with Crippen LogP contribution in [0.5, 0.6) is 0 Å². The largest absolute Gasteiger partial charge is 0.481 e. The van der Waals surface area contributed by atoms with Crippen molar-refractivity contribution in [3.05, 3.63) is 71.3 Å². The summed E-state index contributed by atoms with van der Waals surface area (Å²) < 4.78 is 26.2. The van der Waals surface area contributed by atoms with Crippen molar-refractivity contribution >= 4 is 11.9 Å². The summed E-state index contributed by atoms with van der Waals surface area (Å²) in [5.41, 5.74) is 0.469. The molecule has 3 rings (SSSR count). The van der Waals surface area contributed by atoms with Crippen LogP contribution in [0.25, 0.3) is 0 Å². The van der Waals surface area contributed by atoms with Crippen molar-refractivity contribution in [1.29, 1.82) is 0 Å². The summed E-state index contributed by atoms with van der Waals surface area (Å²) in [7, 11) is 0. The van der Waals surface area contributed by atoms with Gasteiger partial charge >= 0.3 is 5.97 Å². The van der Waals surface area contributed by atoms with Crippen LogP contribution in [0, 0.1) is 11.6 Å². The van der Waals surface area contributed by atoms with Gasteiger partial charge in [-0.2, -0.15) is 0 Å². The van der Waals surface area contributed by atoms with Crippen LogP contribution in [0.4, 0.5) is 8.78 Å². The van der Waals surface area contributed by atoms with Crippen LogP contribution >= 0.6 is 0 Å². The number of carboxylic acid groups (broad SMARTS) is 1. The average Bonchev–Trinajstić information content (AvgIpc) is 2.71. The highest BCUT2D eigenvalue weighted by molar-refractivity contribution is 5.82. The Morgan fingerprint density at radius 2 is 1.68 bits per heavy atom. The van der Waals surface area contributed by atoms with E-state index in [1.54, 1.807) is 4.90 Å². The maximum absolute atomic E-state index is 13.2. The minimum absolute atomic E-state index is 0.0327. The fraction of sp³-hybridized carbons (Fsp3) is 0.364. The van der Waals surface area contributed by atoms with Gasteiger partial charge in [0, 0.05) is 19.5 Å². The van der Waals surface area contributed by atoms with Crippen LogP contribution in [-0.4, -0.2) is 35.0 Å². The van der Waals surface area contributed by atoms with Gasteiger partial charge in [0.15, 0.2) is 11.6 Å². The molecule has 148 valence electrons. The van der Waals surface area contributed by atoms with Crippen LogP contribution in [-0.2, 0) is 21.4 Å². The summed E-state index contributed by atoms with van der Waals surface area (Å²) in [4.78, 5) is 26.1. The fourth-order valence-electron chi connectivity index (χ4n) is 3.82. The van der Waals surface area contributed by atoms with Gasteiger partial charge in [0.1, 0.15) is 0 Å². The second-order valence-corrected chi connectivity index (χ2v) is 7.24. The highest BCUT2D eigenvalue weighted by Gasteiger charge is 2.43. The predicted octanol–water partition coefficient (Wildman–Crippen LogP) is 3.93. The summed E-state index contributed by atoms with van der Waals surface area (Å²) in [5.74, 6) is -2.65. The van der Waals surface area contributed by atoms with E-state index >= 15 is 0 Å². The molecule has 6 heteroatoms. The average molecular weight is 387 g/mol. The summed E-state index contributed by atoms with van der Waals surface area (Å²) in [6.45, 7) is 0.788. The van der Waals surface area contributed by atoms with E-state index in [9.17, 15) is 23.5 Å². The molecular formula is C22H23F2NO3. The van der Waals surface area contributed by atoms with Crippen LogP contribution < -0.4 is 0 Å². The van der Waals surface area contributed by atoms with Gasteiger partial charge in [-0.15, -0.1) is 0 Å². The molecule has 0 spiro atoms. The number of hydrogen-bond acceptors (Lipinski definition) is 2. The molecular weight excluding hydrogens is 364 g/mol. The number of piperidine rings is 1. The predicted molar refractivity (Wildman–Crippen MR) is 101 cm³/mol. The van der Waals surface area contributed by atoms with Gasteiger partial charge in [-0.3, -0.25) is 9.59 Å². The van der Waals surface area contributed by atoms with Gasteiger partial charge in [0.25, 0.3) is 0 Å². The lowest BCUT2D eigenvalue weighted by Gasteiger charge is -2.39. The molecule has 28 heavy (non-hydrogen) atoms. The fourth-order valence-corrected chi connectivity index (χ4v) is 3.82. The summed E-state index contributed by atoms with van der Waals surface area (Å²) in [6.07, 6.45) is 2.07. The quantitative estimate of drug-likeness (QED) is 0.817. The summed E-state index contributed by atoms with van der Waals surface area (Å²) >= 11 is 0. The van der Waals surface area contributed by atoms with E-state index in [0.717, 1.165) is 17.7 Å². The van der Waals surface area contributed by atoms with E-state index in [4.69, 9.17) is 0 Å². The molecule has 0 aliphatic carbocycles. The number of amides is 1. The van der Waals surface area contributed by atoms with Crippen LogP contribution in [0.3, 0.4) is 0 Å². The zero-order valence-corrected chi connectivity index (χ0v) is 15.5. The lowest BCUT2D eigenvalue weighted by molar-refractivity contribution is -0.148. The van der Waals surface area contributed by atoms with E-state index in [0.29, 0.717) is 50.8 Å². The Morgan fingerprint density at radius 3 is 2.29 bits per heavy atom. The number of carbonyl (C=O) groups is 2. The van der Waals surface area contributed by atoms with Crippen molar-refractivity contribution in [3.63, 3.8) is 0 Å². The lowest BCUT2D eigenvalue weighted by Crippen LogP contribution is -2.49. The minimum Gasteiger partial charge on any atom is -0.481 e. The Balaban J connectivity index is 1.54. The number of aryl methyl sites for hydroxylation is 1. The molecule has 0 radical (unpaired) electrons. The summed E-state index contributed by atoms with van der Waals surface area (Å²) in [6, 6.07) is 12.9. The normalized spacial score (nSPS) is 16.0. The van der Waals surface area contributed by atoms with Gasteiger partial charge in [0.05, 0.1) is 5.41 Å². The number of rotatable bonds is 6. The van der Waals surface area contributed by atoms with E-state index < -0.39 is 23.0 Å². The van der Waals surface area contributed by atoms with Gasteiger partial charge in [-0.05, 0) is 48.9 Å². The molecule has 2 aromatic carbocycles. The topological polar surface area (TPSA) is 57.6 Å². The third-order valence-electron chi connectivity index (χ3n) is 5.55. The van der Waals surface area contributed by atoms with Gasteiger partial charge in [-0.1, -0.05) is 36.4 Å². The molecule has 0 aromatic heterocycles. The molecule has 4 nitrogen and oxygen atoms in total. The second-order valence-electron chi connectivity index (χ2n) is 7.24. The standard InChI is InChI=1S/C22H23F2NO3/c23-18-10-9-16(15-19(18)24)5-4-8-20(26)25-13-11-22(12-14-25,21(27)28)17-6-2-1-3-7-17/h1-3,6-7,9-10,15H,4-5,8,11-14H2,(H,27,28). The van der Waals surface area contributed by atoms with Crippen LogP contribution in [0.2, 0.25) is 0 Å². The molecule has 0 bridgehead atoms. The Kier molecular flexibility index (Phi) is 6.07. The van der Waals surface area contributed by atoms with Crippen molar-refractivity contribution in [2.75, 3.05) is 13.1 Å². The monoisotopic (exact) mass is 387 g/mol. The van der Waals surface area contributed by atoms with Crippen molar-refractivity contribution in [2.24, 2.45) is 0 Å². The molecule has 1 saturated heterocycles. The van der Waals surface area contributed by atoms with Crippen molar-refractivity contribution in [1.82, 2.24) is 4.90 Å². The third kappa shape index (κ3) is 4.21. The van der Waals surface area contributed by atoms with E-state index in [1.165, 1.54) is 6.07 Å². The Bertz CT molecular complexity index is 846. The molecule has 1 heterocycles. The molecule has 1 fully saturated rings. The smallest absolute Gasteiger partial charge is 0.314 e. The molecule has 0 saturated carbocycles. The van der Waals surface area contributed by atoms with E-state index in [1.807, 2.05) is 30.3 Å². The third-order valence-corrected chi connectivity index (χ3v) is 5.55. The first-order valence-corrected chi connectivity index (χ1v) is 9.43. The van der Waals surface area contributed by atoms with E-state index in [-0.39, 0.29) is 5.91 Å². The first-order chi connectivity index (χ1) is 13.4. The molecule has 0 unspecified atom stereocenters. The molecule has 1 N–H and O–H groups in total.